The zero-order valence-electron chi connectivity index (χ0n) is 20.3. The highest BCUT2D eigenvalue weighted by Crippen LogP contribution is 2.66. The molecule has 4 aliphatic rings. The minimum atomic E-state index is -0.126. The van der Waals surface area contributed by atoms with E-state index in [9.17, 15) is 5.11 Å². The van der Waals surface area contributed by atoms with Crippen molar-refractivity contribution in [2.75, 3.05) is 5.32 Å². The van der Waals surface area contributed by atoms with Crippen molar-refractivity contribution in [2.24, 2.45) is 39.6 Å². The van der Waals surface area contributed by atoms with Crippen LogP contribution >= 0.6 is 12.2 Å². The number of aliphatic hydroxyl groups is 1. The number of hydrazone groups is 1. The van der Waals surface area contributed by atoms with Gasteiger partial charge in [0, 0.05) is 17.3 Å². The normalized spacial score (nSPS) is 40.2. The Hall–Kier alpha value is -1.72. The van der Waals surface area contributed by atoms with E-state index in [0.29, 0.717) is 21.9 Å². The van der Waals surface area contributed by atoms with Crippen LogP contribution in [0.1, 0.15) is 72.1 Å². The first kappa shape index (κ1) is 23.0. The molecule has 0 radical (unpaired) electrons. The highest BCUT2D eigenvalue weighted by Gasteiger charge is 2.58. The summed E-state index contributed by atoms with van der Waals surface area (Å²) in [5.74, 6) is 2.84. The van der Waals surface area contributed by atoms with Crippen LogP contribution in [0.3, 0.4) is 0 Å². The number of hydrogen-bond acceptors (Lipinski definition) is 3. The number of anilines is 1. The average molecular weight is 466 g/mol. The van der Waals surface area contributed by atoms with E-state index in [4.69, 9.17) is 17.3 Å². The number of rotatable bonds is 3. The molecule has 5 rings (SSSR count). The highest BCUT2D eigenvalue weighted by molar-refractivity contribution is 7.80. The van der Waals surface area contributed by atoms with Crippen molar-refractivity contribution in [2.45, 2.75) is 78.2 Å². The number of para-hydroxylation sites is 1. The van der Waals surface area contributed by atoms with E-state index in [2.05, 4.69) is 37.6 Å². The van der Waals surface area contributed by atoms with Gasteiger partial charge in [-0.3, -0.25) is 5.43 Å². The SMILES string of the molecule is C/C(=N\NC(=S)Nc1ccccc1)[C@H]1CC[C@H]2[C@@H]3CC=C4C[C@@H](O)CC[C@]4(C)[C@H]3CC[C@]12C. The number of thiocarbonyl (C=S) groups is 1. The van der Waals surface area contributed by atoms with Crippen LogP contribution in [0.15, 0.2) is 47.1 Å². The second kappa shape index (κ2) is 8.81. The van der Waals surface area contributed by atoms with Crippen molar-refractivity contribution >= 4 is 28.7 Å². The van der Waals surface area contributed by atoms with Gasteiger partial charge >= 0.3 is 0 Å². The molecule has 4 aliphatic carbocycles. The number of benzene rings is 1. The lowest BCUT2D eigenvalue weighted by atomic mass is 9.47. The zero-order chi connectivity index (χ0) is 23.2. The maximum Gasteiger partial charge on any atom is 0.191 e. The molecule has 5 heteroatoms. The van der Waals surface area contributed by atoms with Crippen molar-refractivity contribution in [1.82, 2.24) is 5.43 Å². The molecule has 0 unspecified atom stereocenters. The molecule has 1 aromatic carbocycles. The summed E-state index contributed by atoms with van der Waals surface area (Å²) in [6.45, 7) is 7.23. The highest BCUT2D eigenvalue weighted by atomic mass is 32.1. The van der Waals surface area contributed by atoms with E-state index < -0.39 is 0 Å². The third kappa shape index (κ3) is 4.05. The van der Waals surface area contributed by atoms with Gasteiger partial charge in [-0.25, -0.2) is 0 Å². The Morgan fingerprint density at radius 1 is 1.06 bits per heavy atom. The standard InChI is InChI=1S/C28H39N3OS/c1-18(30-31-26(33)29-20-7-5-4-6-8-20)23-11-12-24-22-10-9-19-17-21(32)13-15-27(19,2)25(22)14-16-28(23,24)3/h4-9,21-25,32H,10-17H2,1-3H3,(H2,29,31,33)/b30-18+/t21-,22-,23+,24-,25-,27-,28+/m0/s1. The predicted octanol–water partition coefficient (Wildman–Crippen LogP) is 6.29. The van der Waals surface area contributed by atoms with Gasteiger partial charge in [-0.1, -0.05) is 43.7 Å². The molecule has 0 aromatic heterocycles. The Bertz CT molecular complexity index is 959. The van der Waals surface area contributed by atoms with Crippen molar-refractivity contribution < 1.29 is 5.11 Å². The molecule has 3 saturated carbocycles. The van der Waals surface area contributed by atoms with Gasteiger partial charge in [0.05, 0.1) is 6.10 Å². The first-order valence-corrected chi connectivity index (χ1v) is 13.3. The molecular weight excluding hydrogens is 426 g/mol. The second-order valence-corrected chi connectivity index (χ2v) is 11.9. The largest absolute Gasteiger partial charge is 0.393 e. The smallest absolute Gasteiger partial charge is 0.191 e. The number of aliphatic hydroxyl groups excluding tert-OH is 1. The summed E-state index contributed by atoms with van der Waals surface area (Å²) >= 11 is 5.47. The molecule has 3 N–H and O–H groups in total. The first-order valence-electron chi connectivity index (χ1n) is 12.8. The lowest BCUT2D eigenvalue weighted by molar-refractivity contribution is -0.0423. The fraction of sp³-hybridized carbons (Fsp3) is 0.643. The van der Waals surface area contributed by atoms with Gasteiger partial charge in [0.1, 0.15) is 0 Å². The minimum absolute atomic E-state index is 0.126. The van der Waals surface area contributed by atoms with Crippen LogP contribution in [0, 0.1) is 34.5 Å². The van der Waals surface area contributed by atoms with Gasteiger partial charge in [-0.2, -0.15) is 5.10 Å². The van der Waals surface area contributed by atoms with E-state index in [1.807, 2.05) is 30.3 Å². The topological polar surface area (TPSA) is 56.7 Å². The number of fused-ring (bicyclic) bond motifs is 5. The van der Waals surface area contributed by atoms with Crippen molar-refractivity contribution in [3.05, 3.63) is 42.0 Å². The summed E-state index contributed by atoms with van der Waals surface area (Å²) in [6.07, 6.45) is 11.8. The summed E-state index contributed by atoms with van der Waals surface area (Å²) in [6, 6.07) is 9.99. The van der Waals surface area contributed by atoms with Gasteiger partial charge < -0.3 is 10.4 Å². The lowest BCUT2D eigenvalue weighted by Crippen LogP contribution is -2.51. The third-order valence-corrected chi connectivity index (χ3v) is 10.1. The molecule has 178 valence electrons. The lowest BCUT2D eigenvalue weighted by Gasteiger charge is -2.58. The molecule has 7 atom stereocenters. The number of hydrogen-bond donors (Lipinski definition) is 3. The molecule has 0 heterocycles. The van der Waals surface area contributed by atoms with Gasteiger partial charge in [0.25, 0.3) is 0 Å². The summed E-state index contributed by atoms with van der Waals surface area (Å²) in [5.41, 5.74) is 7.45. The maximum atomic E-state index is 10.2. The van der Waals surface area contributed by atoms with Crippen LogP contribution < -0.4 is 10.7 Å². The fourth-order valence-corrected chi connectivity index (χ4v) is 8.39. The Kier molecular flexibility index (Phi) is 6.15. The maximum absolute atomic E-state index is 10.2. The molecule has 33 heavy (non-hydrogen) atoms. The average Bonchev–Trinajstić information content (AvgIpc) is 3.16. The van der Waals surface area contributed by atoms with Crippen LogP contribution in [0.5, 0.6) is 0 Å². The van der Waals surface area contributed by atoms with Crippen molar-refractivity contribution in [3.63, 3.8) is 0 Å². The molecule has 4 nitrogen and oxygen atoms in total. The Labute approximate surface area is 204 Å². The Morgan fingerprint density at radius 2 is 1.85 bits per heavy atom. The van der Waals surface area contributed by atoms with E-state index in [0.717, 1.165) is 42.7 Å². The summed E-state index contributed by atoms with van der Waals surface area (Å²) in [5, 5.41) is 18.8. The number of nitrogens with zero attached hydrogens (tertiary/aromatic N) is 1. The van der Waals surface area contributed by atoms with Gasteiger partial charge in [-0.05, 0) is 111 Å². The molecule has 0 saturated heterocycles. The van der Waals surface area contributed by atoms with E-state index in [1.165, 1.54) is 37.8 Å². The van der Waals surface area contributed by atoms with E-state index in [1.54, 1.807) is 5.57 Å². The summed E-state index contributed by atoms with van der Waals surface area (Å²) < 4.78 is 0. The van der Waals surface area contributed by atoms with Crippen LogP contribution in [0.2, 0.25) is 0 Å². The van der Waals surface area contributed by atoms with Gasteiger partial charge in [0.15, 0.2) is 5.11 Å². The summed E-state index contributed by atoms with van der Waals surface area (Å²) in [4.78, 5) is 0. The predicted molar refractivity (Wildman–Crippen MR) is 140 cm³/mol. The van der Waals surface area contributed by atoms with Crippen molar-refractivity contribution in [1.29, 1.82) is 0 Å². The molecule has 1 aromatic rings. The Morgan fingerprint density at radius 3 is 2.64 bits per heavy atom. The van der Waals surface area contributed by atoms with Crippen LogP contribution in [-0.2, 0) is 0 Å². The fourth-order valence-electron chi connectivity index (χ4n) is 8.23. The van der Waals surface area contributed by atoms with Crippen LogP contribution in [0.25, 0.3) is 0 Å². The first-order chi connectivity index (χ1) is 15.8. The van der Waals surface area contributed by atoms with Crippen molar-refractivity contribution in [3.8, 4) is 0 Å². The van der Waals surface area contributed by atoms with E-state index in [-0.39, 0.29) is 6.10 Å². The summed E-state index contributed by atoms with van der Waals surface area (Å²) in [7, 11) is 0. The molecule has 0 bridgehead atoms. The molecule has 0 amide bonds. The Balaban J connectivity index is 1.29. The molecule has 0 spiro atoms. The van der Waals surface area contributed by atoms with E-state index >= 15 is 0 Å². The zero-order valence-corrected chi connectivity index (χ0v) is 21.1. The quantitative estimate of drug-likeness (QED) is 0.213. The molecule has 0 aliphatic heterocycles. The monoisotopic (exact) mass is 465 g/mol. The van der Waals surface area contributed by atoms with Crippen LogP contribution in [-0.4, -0.2) is 22.0 Å². The van der Waals surface area contributed by atoms with Gasteiger partial charge in [-0.15, -0.1) is 0 Å². The molecular formula is C28H39N3OS. The minimum Gasteiger partial charge on any atom is -0.393 e. The van der Waals surface area contributed by atoms with Crippen LogP contribution in [0.4, 0.5) is 5.69 Å². The van der Waals surface area contributed by atoms with Gasteiger partial charge in [0.2, 0.25) is 0 Å². The third-order valence-electron chi connectivity index (χ3n) is 9.95. The number of allylic oxidation sites excluding steroid dienone is 1. The molecule has 3 fully saturated rings. The second-order valence-electron chi connectivity index (χ2n) is 11.5. The number of nitrogens with one attached hydrogen (secondary N) is 2.